The Kier molecular flexibility index (Phi) is 6.93. The number of pyridine rings is 1. The predicted molar refractivity (Wildman–Crippen MR) is 83.5 cm³/mol. The van der Waals surface area contributed by atoms with Gasteiger partial charge in [-0.15, -0.1) is 0 Å². The monoisotopic (exact) mass is 281 g/mol. The van der Waals surface area contributed by atoms with Crippen molar-refractivity contribution >= 4 is 5.82 Å². The van der Waals surface area contributed by atoms with Gasteiger partial charge in [0.1, 0.15) is 11.6 Å². The standard InChI is InChI=1S/C16H28FN3/c1-6-13(4)11-20(5)16-14(7-15(17)10-19-16)9-18-8-12(2)3/h7,10,12-13,18H,6,8-9,11H2,1-5H3. The molecule has 1 rings (SSSR count). The molecule has 0 fully saturated rings. The number of nitrogens with zero attached hydrogens (tertiary/aromatic N) is 2. The molecule has 1 unspecified atom stereocenters. The quantitative estimate of drug-likeness (QED) is 0.791. The Morgan fingerprint density at radius 3 is 2.65 bits per heavy atom. The maximum atomic E-state index is 13.4. The van der Waals surface area contributed by atoms with Crippen LogP contribution in [0.4, 0.5) is 10.2 Å². The van der Waals surface area contributed by atoms with E-state index in [4.69, 9.17) is 0 Å². The number of anilines is 1. The van der Waals surface area contributed by atoms with E-state index in [2.05, 4.69) is 42.9 Å². The third-order valence-corrected chi connectivity index (χ3v) is 3.42. The van der Waals surface area contributed by atoms with Crippen LogP contribution in [0, 0.1) is 17.7 Å². The molecule has 1 N–H and O–H groups in total. The number of hydrogen-bond donors (Lipinski definition) is 1. The highest BCUT2D eigenvalue weighted by Crippen LogP contribution is 2.19. The lowest BCUT2D eigenvalue weighted by Crippen LogP contribution is -2.27. The van der Waals surface area contributed by atoms with E-state index in [0.29, 0.717) is 18.4 Å². The van der Waals surface area contributed by atoms with Crippen LogP contribution in [0.5, 0.6) is 0 Å². The van der Waals surface area contributed by atoms with Gasteiger partial charge in [0.05, 0.1) is 6.20 Å². The van der Waals surface area contributed by atoms with Crippen molar-refractivity contribution in [2.75, 3.05) is 25.0 Å². The predicted octanol–water partition coefficient (Wildman–Crippen LogP) is 3.45. The molecule has 0 amide bonds. The van der Waals surface area contributed by atoms with Crippen molar-refractivity contribution in [1.82, 2.24) is 10.3 Å². The summed E-state index contributed by atoms with van der Waals surface area (Å²) < 4.78 is 13.4. The highest BCUT2D eigenvalue weighted by atomic mass is 19.1. The normalized spacial score (nSPS) is 12.8. The van der Waals surface area contributed by atoms with Crippen LogP contribution in [-0.2, 0) is 6.54 Å². The van der Waals surface area contributed by atoms with Crippen LogP contribution in [0.25, 0.3) is 0 Å². The first-order chi connectivity index (χ1) is 9.43. The van der Waals surface area contributed by atoms with Crippen LogP contribution in [0.1, 0.15) is 39.7 Å². The second kappa shape index (κ2) is 8.20. The molecule has 1 heterocycles. The second-order valence-electron chi connectivity index (χ2n) is 6.05. The summed E-state index contributed by atoms with van der Waals surface area (Å²) in [5.74, 6) is 1.79. The van der Waals surface area contributed by atoms with Gasteiger partial charge in [-0.3, -0.25) is 0 Å². The number of halogens is 1. The molecule has 3 nitrogen and oxygen atoms in total. The van der Waals surface area contributed by atoms with E-state index in [1.807, 2.05) is 7.05 Å². The summed E-state index contributed by atoms with van der Waals surface area (Å²) in [7, 11) is 2.03. The fourth-order valence-corrected chi connectivity index (χ4v) is 2.13. The molecule has 20 heavy (non-hydrogen) atoms. The van der Waals surface area contributed by atoms with Crippen LogP contribution in [0.3, 0.4) is 0 Å². The number of rotatable bonds is 8. The average Bonchev–Trinajstić information content (AvgIpc) is 2.38. The summed E-state index contributed by atoms with van der Waals surface area (Å²) in [6, 6.07) is 1.59. The molecule has 1 aromatic heterocycles. The van der Waals surface area contributed by atoms with Gasteiger partial charge in [0.15, 0.2) is 0 Å². The van der Waals surface area contributed by atoms with E-state index in [1.54, 1.807) is 6.07 Å². The molecule has 0 radical (unpaired) electrons. The Bertz CT molecular complexity index is 407. The van der Waals surface area contributed by atoms with E-state index in [-0.39, 0.29) is 5.82 Å². The first kappa shape index (κ1) is 16.9. The van der Waals surface area contributed by atoms with Crippen molar-refractivity contribution in [2.24, 2.45) is 11.8 Å². The van der Waals surface area contributed by atoms with E-state index >= 15 is 0 Å². The van der Waals surface area contributed by atoms with E-state index in [0.717, 1.165) is 30.9 Å². The molecule has 0 aromatic carbocycles. The van der Waals surface area contributed by atoms with Crippen molar-refractivity contribution in [3.63, 3.8) is 0 Å². The zero-order chi connectivity index (χ0) is 15.1. The molecule has 0 saturated carbocycles. The molecule has 0 aliphatic carbocycles. The number of nitrogens with one attached hydrogen (secondary N) is 1. The van der Waals surface area contributed by atoms with Gasteiger partial charge < -0.3 is 10.2 Å². The van der Waals surface area contributed by atoms with E-state index < -0.39 is 0 Å². The van der Waals surface area contributed by atoms with Crippen LogP contribution in [0.2, 0.25) is 0 Å². The van der Waals surface area contributed by atoms with Crippen molar-refractivity contribution < 1.29 is 4.39 Å². The van der Waals surface area contributed by atoms with Crippen molar-refractivity contribution in [2.45, 2.75) is 40.7 Å². The zero-order valence-corrected chi connectivity index (χ0v) is 13.4. The van der Waals surface area contributed by atoms with Crippen molar-refractivity contribution in [1.29, 1.82) is 0 Å². The minimum atomic E-state index is -0.271. The molecular formula is C16H28FN3. The van der Waals surface area contributed by atoms with Gasteiger partial charge in [-0.05, 0) is 24.4 Å². The highest BCUT2D eigenvalue weighted by Gasteiger charge is 2.12. The summed E-state index contributed by atoms with van der Waals surface area (Å²) >= 11 is 0. The van der Waals surface area contributed by atoms with Crippen LogP contribution < -0.4 is 10.2 Å². The molecule has 0 aliphatic heterocycles. The molecule has 4 heteroatoms. The molecule has 0 bridgehead atoms. The van der Waals surface area contributed by atoms with Gasteiger partial charge in [-0.2, -0.15) is 0 Å². The molecule has 1 atom stereocenters. The fraction of sp³-hybridized carbons (Fsp3) is 0.688. The first-order valence-electron chi connectivity index (χ1n) is 7.50. The lowest BCUT2D eigenvalue weighted by Gasteiger charge is -2.24. The minimum Gasteiger partial charge on any atom is -0.359 e. The zero-order valence-electron chi connectivity index (χ0n) is 13.4. The summed E-state index contributed by atoms with van der Waals surface area (Å²) in [6.07, 6.45) is 2.43. The Morgan fingerprint density at radius 1 is 1.35 bits per heavy atom. The molecule has 114 valence electrons. The van der Waals surface area contributed by atoms with Crippen molar-refractivity contribution in [3.8, 4) is 0 Å². The van der Waals surface area contributed by atoms with Gasteiger partial charge in [0.2, 0.25) is 0 Å². The molecule has 0 spiro atoms. The Morgan fingerprint density at radius 2 is 2.05 bits per heavy atom. The van der Waals surface area contributed by atoms with Gasteiger partial charge >= 0.3 is 0 Å². The van der Waals surface area contributed by atoms with Gasteiger partial charge in [0.25, 0.3) is 0 Å². The lowest BCUT2D eigenvalue weighted by molar-refractivity contribution is 0.541. The summed E-state index contributed by atoms with van der Waals surface area (Å²) in [6.45, 7) is 11.2. The summed E-state index contributed by atoms with van der Waals surface area (Å²) in [4.78, 5) is 6.40. The minimum absolute atomic E-state index is 0.271. The Balaban J connectivity index is 2.78. The topological polar surface area (TPSA) is 28.2 Å². The number of hydrogen-bond acceptors (Lipinski definition) is 3. The SMILES string of the molecule is CCC(C)CN(C)c1ncc(F)cc1CNCC(C)C. The van der Waals surface area contributed by atoms with E-state index in [1.165, 1.54) is 6.20 Å². The smallest absolute Gasteiger partial charge is 0.141 e. The summed E-state index contributed by atoms with van der Waals surface area (Å²) in [5, 5.41) is 3.36. The number of aromatic nitrogens is 1. The van der Waals surface area contributed by atoms with Crippen molar-refractivity contribution in [3.05, 3.63) is 23.6 Å². The van der Waals surface area contributed by atoms with Crippen LogP contribution in [-0.4, -0.2) is 25.1 Å². The molecule has 0 saturated heterocycles. The first-order valence-corrected chi connectivity index (χ1v) is 7.50. The second-order valence-corrected chi connectivity index (χ2v) is 6.05. The van der Waals surface area contributed by atoms with Crippen LogP contribution >= 0.6 is 0 Å². The third kappa shape index (κ3) is 5.45. The fourth-order valence-electron chi connectivity index (χ4n) is 2.13. The molecule has 0 aliphatic rings. The van der Waals surface area contributed by atoms with Crippen LogP contribution in [0.15, 0.2) is 12.3 Å². The average molecular weight is 281 g/mol. The van der Waals surface area contributed by atoms with Gasteiger partial charge in [0, 0.05) is 25.7 Å². The molecular weight excluding hydrogens is 253 g/mol. The third-order valence-electron chi connectivity index (χ3n) is 3.42. The van der Waals surface area contributed by atoms with Gasteiger partial charge in [-0.1, -0.05) is 34.1 Å². The lowest BCUT2D eigenvalue weighted by atomic mass is 10.1. The highest BCUT2D eigenvalue weighted by molar-refractivity contribution is 5.46. The maximum absolute atomic E-state index is 13.4. The summed E-state index contributed by atoms with van der Waals surface area (Å²) in [5.41, 5.74) is 0.927. The maximum Gasteiger partial charge on any atom is 0.141 e. The molecule has 1 aromatic rings. The van der Waals surface area contributed by atoms with Gasteiger partial charge in [-0.25, -0.2) is 9.37 Å². The van der Waals surface area contributed by atoms with E-state index in [9.17, 15) is 4.39 Å². The Labute approximate surface area is 122 Å². The largest absolute Gasteiger partial charge is 0.359 e. The Hall–Kier alpha value is -1.16.